The number of halogens is 1. The summed E-state index contributed by atoms with van der Waals surface area (Å²) in [6.07, 6.45) is 1.23. The maximum Gasteiger partial charge on any atom is 0.340 e. The molecular weight excluding hydrogens is 173 g/mol. The van der Waals surface area contributed by atoms with Gasteiger partial charge in [0.1, 0.15) is 5.56 Å². The van der Waals surface area contributed by atoms with Crippen molar-refractivity contribution in [3.05, 3.63) is 29.3 Å². The molecule has 0 aliphatic rings. The highest BCUT2D eigenvalue weighted by atomic mass is 19.1. The largest absolute Gasteiger partial charge is 0.478 e. The average Bonchev–Trinajstić information content (AvgIpc) is 2.07. The van der Waals surface area contributed by atoms with Crippen molar-refractivity contribution in [2.45, 2.75) is 20.8 Å². The van der Waals surface area contributed by atoms with Crippen molar-refractivity contribution in [3.8, 4) is 0 Å². The van der Waals surface area contributed by atoms with E-state index in [0.29, 0.717) is 5.56 Å². The van der Waals surface area contributed by atoms with Gasteiger partial charge < -0.3 is 5.11 Å². The van der Waals surface area contributed by atoms with E-state index >= 15 is 0 Å². The van der Waals surface area contributed by atoms with E-state index in [1.165, 1.54) is 19.2 Å². The van der Waals surface area contributed by atoms with E-state index in [0.717, 1.165) is 0 Å². The molecule has 0 aliphatic heterocycles. The van der Waals surface area contributed by atoms with Crippen molar-refractivity contribution in [3.63, 3.8) is 0 Å². The zero-order valence-corrected chi connectivity index (χ0v) is 7.84. The van der Waals surface area contributed by atoms with Gasteiger partial charge >= 0.3 is 5.97 Å². The number of nitrogens with zero attached hydrogens (tertiary/aromatic N) is 1. The number of aryl methyl sites for hydroxylation is 1. The first-order valence-corrected chi connectivity index (χ1v) is 3.97. The molecule has 1 heterocycles. The monoisotopic (exact) mass is 185 g/mol. The number of aromatic carboxylic acids is 1. The molecular formula is C9H12FNO2. The summed E-state index contributed by atoms with van der Waals surface area (Å²) in [5.41, 5.74) is 0.0255. The summed E-state index contributed by atoms with van der Waals surface area (Å²) >= 11 is 0. The number of carboxylic acid groups (broad SMARTS) is 1. The first-order chi connectivity index (χ1) is 6.13. The van der Waals surface area contributed by atoms with Crippen molar-refractivity contribution >= 4 is 5.97 Å². The second-order valence-electron chi connectivity index (χ2n) is 2.10. The molecule has 1 aromatic heterocycles. The molecule has 0 saturated heterocycles. The zero-order chi connectivity index (χ0) is 10.4. The fourth-order valence-corrected chi connectivity index (χ4v) is 0.782. The lowest BCUT2D eigenvalue weighted by atomic mass is 10.1. The van der Waals surface area contributed by atoms with Crippen molar-refractivity contribution in [1.29, 1.82) is 0 Å². The molecule has 0 atom stereocenters. The molecule has 72 valence electrons. The Labute approximate surface area is 76.2 Å². The Morgan fingerprint density at radius 1 is 1.54 bits per heavy atom. The van der Waals surface area contributed by atoms with E-state index in [9.17, 15) is 9.18 Å². The highest BCUT2D eigenvalue weighted by Crippen LogP contribution is 2.08. The van der Waals surface area contributed by atoms with Gasteiger partial charge in [-0.25, -0.2) is 9.78 Å². The van der Waals surface area contributed by atoms with Crippen LogP contribution in [-0.2, 0) is 0 Å². The molecule has 0 bridgehead atoms. The van der Waals surface area contributed by atoms with Gasteiger partial charge in [-0.05, 0) is 18.6 Å². The molecule has 0 radical (unpaired) electrons. The van der Waals surface area contributed by atoms with Gasteiger partial charge in [-0.2, -0.15) is 4.39 Å². The lowest BCUT2D eigenvalue weighted by molar-refractivity contribution is 0.0690. The van der Waals surface area contributed by atoms with Crippen LogP contribution in [0.15, 0.2) is 12.3 Å². The van der Waals surface area contributed by atoms with E-state index in [4.69, 9.17) is 5.11 Å². The number of pyridine rings is 1. The Hall–Kier alpha value is -1.45. The number of rotatable bonds is 1. The van der Waals surface area contributed by atoms with E-state index in [-0.39, 0.29) is 5.56 Å². The van der Waals surface area contributed by atoms with Crippen LogP contribution in [0.3, 0.4) is 0 Å². The van der Waals surface area contributed by atoms with Gasteiger partial charge in [0.25, 0.3) is 0 Å². The van der Waals surface area contributed by atoms with Crippen LogP contribution in [0, 0.1) is 12.9 Å². The third kappa shape index (κ3) is 2.82. The zero-order valence-electron chi connectivity index (χ0n) is 7.84. The fourth-order valence-electron chi connectivity index (χ4n) is 0.782. The van der Waals surface area contributed by atoms with Crippen molar-refractivity contribution in [2.75, 3.05) is 0 Å². The predicted octanol–water partition coefficient (Wildman–Crippen LogP) is 2.25. The maximum absolute atomic E-state index is 12.6. The van der Waals surface area contributed by atoms with Crippen LogP contribution < -0.4 is 0 Å². The summed E-state index contributed by atoms with van der Waals surface area (Å²) in [7, 11) is 0. The smallest absolute Gasteiger partial charge is 0.340 e. The minimum Gasteiger partial charge on any atom is -0.478 e. The van der Waals surface area contributed by atoms with Gasteiger partial charge in [0.2, 0.25) is 5.95 Å². The molecule has 1 aromatic rings. The summed E-state index contributed by atoms with van der Waals surface area (Å²) in [5.74, 6) is -2.22. The second-order valence-corrected chi connectivity index (χ2v) is 2.10. The molecule has 0 saturated carbocycles. The molecule has 0 amide bonds. The quantitative estimate of drug-likeness (QED) is 0.682. The number of carbonyl (C=O) groups is 1. The number of aromatic nitrogens is 1. The summed E-state index contributed by atoms with van der Waals surface area (Å²) in [4.78, 5) is 13.6. The van der Waals surface area contributed by atoms with Gasteiger partial charge in [0.05, 0.1) is 0 Å². The Balaban J connectivity index is 0.000000671. The summed E-state index contributed by atoms with van der Waals surface area (Å²) in [6.45, 7) is 5.52. The Morgan fingerprint density at radius 2 is 2.08 bits per heavy atom. The topological polar surface area (TPSA) is 50.2 Å². The maximum atomic E-state index is 12.6. The minimum atomic E-state index is -1.28. The van der Waals surface area contributed by atoms with Gasteiger partial charge in [-0.3, -0.25) is 0 Å². The van der Waals surface area contributed by atoms with Crippen LogP contribution in [0.5, 0.6) is 0 Å². The van der Waals surface area contributed by atoms with Crippen LogP contribution in [0.2, 0.25) is 0 Å². The normalized spacial score (nSPS) is 8.62. The van der Waals surface area contributed by atoms with Crippen molar-refractivity contribution in [2.24, 2.45) is 0 Å². The Morgan fingerprint density at radius 3 is 2.38 bits per heavy atom. The number of hydrogen-bond donors (Lipinski definition) is 1. The van der Waals surface area contributed by atoms with E-state index in [1.54, 1.807) is 0 Å². The molecule has 0 fully saturated rings. The molecule has 4 heteroatoms. The van der Waals surface area contributed by atoms with Crippen LogP contribution in [-0.4, -0.2) is 16.1 Å². The summed E-state index contributed by atoms with van der Waals surface area (Å²) in [6, 6.07) is 1.45. The van der Waals surface area contributed by atoms with E-state index < -0.39 is 11.9 Å². The number of hydrogen-bond acceptors (Lipinski definition) is 2. The molecule has 3 nitrogen and oxygen atoms in total. The van der Waals surface area contributed by atoms with Crippen LogP contribution >= 0.6 is 0 Å². The van der Waals surface area contributed by atoms with Gasteiger partial charge in [0.15, 0.2) is 0 Å². The minimum absolute atomic E-state index is 0.354. The SMILES string of the molecule is CC.Cc1ccnc(F)c1C(=O)O. The van der Waals surface area contributed by atoms with Crippen molar-refractivity contribution in [1.82, 2.24) is 4.98 Å². The standard InChI is InChI=1S/C7H6FNO2.C2H6/c1-4-2-3-9-6(8)5(4)7(10)11;1-2/h2-3H,1H3,(H,10,11);1-2H3. The molecule has 1 N–H and O–H groups in total. The Bertz CT molecular complexity index is 279. The van der Waals surface area contributed by atoms with Crippen LogP contribution in [0.4, 0.5) is 4.39 Å². The van der Waals surface area contributed by atoms with Gasteiger partial charge in [-0.15, -0.1) is 0 Å². The molecule has 0 spiro atoms. The molecule has 1 rings (SSSR count). The van der Waals surface area contributed by atoms with Crippen LogP contribution in [0.1, 0.15) is 29.8 Å². The third-order valence-electron chi connectivity index (χ3n) is 1.33. The Kier molecular flexibility index (Phi) is 4.66. The first kappa shape index (κ1) is 11.6. The predicted molar refractivity (Wildman–Crippen MR) is 47.2 cm³/mol. The lowest BCUT2D eigenvalue weighted by Crippen LogP contribution is -2.04. The summed E-state index contributed by atoms with van der Waals surface area (Å²) < 4.78 is 12.6. The first-order valence-electron chi connectivity index (χ1n) is 3.97. The fraction of sp³-hybridized carbons (Fsp3) is 0.333. The number of carboxylic acids is 1. The summed E-state index contributed by atoms with van der Waals surface area (Å²) in [5, 5.41) is 8.47. The molecule has 0 unspecified atom stereocenters. The average molecular weight is 185 g/mol. The van der Waals surface area contributed by atoms with Crippen molar-refractivity contribution < 1.29 is 14.3 Å². The lowest BCUT2D eigenvalue weighted by Gasteiger charge is -1.98. The molecule has 13 heavy (non-hydrogen) atoms. The highest BCUT2D eigenvalue weighted by Gasteiger charge is 2.13. The van der Waals surface area contributed by atoms with Gasteiger partial charge in [0, 0.05) is 6.20 Å². The molecule has 0 aliphatic carbocycles. The van der Waals surface area contributed by atoms with Crippen LogP contribution in [0.25, 0.3) is 0 Å². The van der Waals surface area contributed by atoms with Gasteiger partial charge in [-0.1, -0.05) is 13.8 Å². The molecule has 0 aromatic carbocycles. The van der Waals surface area contributed by atoms with E-state index in [2.05, 4.69) is 4.98 Å². The van der Waals surface area contributed by atoms with E-state index in [1.807, 2.05) is 13.8 Å². The second kappa shape index (κ2) is 5.24. The highest BCUT2D eigenvalue weighted by molar-refractivity contribution is 5.89. The third-order valence-corrected chi connectivity index (χ3v) is 1.33.